The molecule has 0 aliphatic heterocycles. The van der Waals surface area contributed by atoms with Crippen molar-refractivity contribution in [3.05, 3.63) is 17.7 Å². The Kier molecular flexibility index (Phi) is 4.55. The second kappa shape index (κ2) is 5.55. The van der Waals surface area contributed by atoms with Crippen LogP contribution < -0.4 is 16.2 Å². The number of aliphatic hydroxyl groups is 1. The Morgan fingerprint density at radius 3 is 2.56 bits per heavy atom. The van der Waals surface area contributed by atoms with E-state index in [-0.39, 0.29) is 17.4 Å². The van der Waals surface area contributed by atoms with Gasteiger partial charge in [-0.1, -0.05) is 6.92 Å². The summed E-state index contributed by atoms with van der Waals surface area (Å²) in [6.45, 7) is 4.10. The number of hydrogen-bond acceptors (Lipinski definition) is 5. The summed E-state index contributed by atoms with van der Waals surface area (Å²) < 4.78 is 22.8. The minimum absolute atomic E-state index is 0.0154. The maximum Gasteiger partial charge on any atom is 0.238 e. The fraction of sp³-hybridized carbons (Fsp3) is 0.455. The Hall–Kier alpha value is -1.31. The van der Waals surface area contributed by atoms with E-state index in [1.54, 1.807) is 13.0 Å². The molecular weight excluding hydrogens is 254 g/mol. The lowest BCUT2D eigenvalue weighted by atomic mass is 10.1. The third-order valence-corrected chi connectivity index (χ3v) is 3.68. The zero-order valence-electron chi connectivity index (χ0n) is 10.5. The van der Waals surface area contributed by atoms with Gasteiger partial charge in [0.05, 0.1) is 4.90 Å². The molecule has 0 saturated carbocycles. The number of sulfonamides is 1. The predicted molar refractivity (Wildman–Crippen MR) is 71.7 cm³/mol. The first kappa shape index (κ1) is 14.7. The van der Waals surface area contributed by atoms with E-state index in [1.165, 1.54) is 6.07 Å². The number of rotatable bonds is 5. The Balaban J connectivity index is 3.10. The van der Waals surface area contributed by atoms with Crippen molar-refractivity contribution in [1.29, 1.82) is 0 Å². The van der Waals surface area contributed by atoms with Gasteiger partial charge in [-0.15, -0.1) is 0 Å². The summed E-state index contributed by atoms with van der Waals surface area (Å²) in [5.74, 6) is 0.0590. The average molecular weight is 273 g/mol. The Bertz CT molecular complexity index is 529. The molecule has 0 fully saturated rings. The molecule has 0 aromatic heterocycles. The maximum absolute atomic E-state index is 11.4. The lowest BCUT2D eigenvalue weighted by Crippen LogP contribution is -2.18. The summed E-state index contributed by atoms with van der Waals surface area (Å²) in [5, 5.41) is 17.1. The van der Waals surface area contributed by atoms with E-state index in [1.807, 2.05) is 6.92 Å². The van der Waals surface area contributed by atoms with Crippen molar-refractivity contribution in [1.82, 2.24) is 0 Å². The number of benzene rings is 1. The van der Waals surface area contributed by atoms with E-state index in [4.69, 9.17) is 16.0 Å². The number of aliphatic hydroxyl groups excluding tert-OH is 1. The van der Waals surface area contributed by atoms with Crippen LogP contribution in [0, 0.1) is 12.8 Å². The molecule has 1 aromatic carbocycles. The van der Waals surface area contributed by atoms with Crippen molar-refractivity contribution in [3.8, 4) is 0 Å². The molecule has 6 nitrogen and oxygen atoms in total. The molecule has 0 heterocycles. The molecule has 0 bridgehead atoms. The van der Waals surface area contributed by atoms with E-state index in [0.717, 1.165) is 0 Å². The molecule has 1 atom stereocenters. The van der Waals surface area contributed by atoms with Crippen LogP contribution in [0.25, 0.3) is 0 Å². The van der Waals surface area contributed by atoms with Crippen LogP contribution in [0.4, 0.5) is 11.4 Å². The molecule has 0 aliphatic rings. The third-order valence-electron chi connectivity index (χ3n) is 2.64. The fourth-order valence-electron chi connectivity index (χ4n) is 1.54. The van der Waals surface area contributed by atoms with E-state index in [2.05, 4.69) is 5.32 Å². The van der Waals surface area contributed by atoms with Gasteiger partial charge >= 0.3 is 0 Å². The standard InChI is InChI=1S/C11H19N3O3S/c1-7(6-15)5-14-10-3-9(12)4-11(8(10)2)18(13,16)17/h3-4,7,14-15H,5-6,12H2,1-2H3,(H2,13,16,17). The summed E-state index contributed by atoms with van der Waals surface area (Å²) in [6, 6.07) is 2.99. The molecule has 7 heteroatoms. The topological polar surface area (TPSA) is 118 Å². The number of nitrogens with two attached hydrogens (primary N) is 2. The number of nitrogen functional groups attached to an aromatic ring is 1. The molecule has 6 N–H and O–H groups in total. The van der Waals surface area contributed by atoms with Gasteiger partial charge in [-0.3, -0.25) is 0 Å². The third kappa shape index (κ3) is 3.59. The lowest BCUT2D eigenvalue weighted by Gasteiger charge is -2.15. The van der Waals surface area contributed by atoms with E-state index in [0.29, 0.717) is 23.5 Å². The molecule has 1 unspecified atom stereocenters. The van der Waals surface area contributed by atoms with Crippen molar-refractivity contribution >= 4 is 21.4 Å². The second-order valence-electron chi connectivity index (χ2n) is 4.41. The van der Waals surface area contributed by atoms with Gasteiger partial charge < -0.3 is 16.2 Å². The highest BCUT2D eigenvalue weighted by Crippen LogP contribution is 2.26. The first-order valence-corrected chi connectivity index (χ1v) is 7.08. The number of hydrogen-bond donors (Lipinski definition) is 4. The van der Waals surface area contributed by atoms with E-state index < -0.39 is 10.0 Å². The van der Waals surface area contributed by atoms with Crippen LogP contribution in [0.3, 0.4) is 0 Å². The maximum atomic E-state index is 11.4. The van der Waals surface area contributed by atoms with Crippen LogP contribution >= 0.6 is 0 Å². The molecule has 0 amide bonds. The normalized spacial score (nSPS) is 13.3. The molecule has 1 rings (SSSR count). The summed E-state index contributed by atoms with van der Waals surface area (Å²) in [5.41, 5.74) is 7.11. The van der Waals surface area contributed by atoms with Gasteiger partial charge in [0, 0.05) is 24.5 Å². The molecule has 102 valence electrons. The Morgan fingerprint density at radius 2 is 2.06 bits per heavy atom. The average Bonchev–Trinajstić information content (AvgIpc) is 2.27. The van der Waals surface area contributed by atoms with Crippen molar-refractivity contribution in [2.24, 2.45) is 11.1 Å². The highest BCUT2D eigenvalue weighted by Gasteiger charge is 2.15. The smallest absolute Gasteiger partial charge is 0.238 e. The number of nitrogens with one attached hydrogen (secondary N) is 1. The lowest BCUT2D eigenvalue weighted by molar-refractivity contribution is 0.244. The van der Waals surface area contributed by atoms with Gasteiger partial charge in [0.25, 0.3) is 0 Å². The molecule has 0 aliphatic carbocycles. The molecule has 0 spiro atoms. The van der Waals surface area contributed by atoms with E-state index in [9.17, 15) is 8.42 Å². The number of anilines is 2. The second-order valence-corrected chi connectivity index (χ2v) is 5.94. The largest absolute Gasteiger partial charge is 0.399 e. The highest BCUT2D eigenvalue weighted by atomic mass is 32.2. The molecular formula is C11H19N3O3S. The molecule has 0 radical (unpaired) electrons. The molecule has 18 heavy (non-hydrogen) atoms. The number of primary sulfonamides is 1. The zero-order valence-corrected chi connectivity index (χ0v) is 11.3. The van der Waals surface area contributed by atoms with Crippen LogP contribution in [0.15, 0.2) is 17.0 Å². The van der Waals surface area contributed by atoms with Crippen LogP contribution in [-0.4, -0.2) is 26.7 Å². The van der Waals surface area contributed by atoms with Gasteiger partial charge in [-0.05, 0) is 30.5 Å². The predicted octanol–water partition coefficient (Wildman–Crippen LogP) is 0.265. The Labute approximate surface area is 107 Å². The first-order chi connectivity index (χ1) is 8.25. The molecule has 0 saturated heterocycles. The van der Waals surface area contributed by atoms with Gasteiger partial charge in [0.1, 0.15) is 0 Å². The van der Waals surface area contributed by atoms with Crippen LogP contribution in [0.2, 0.25) is 0 Å². The zero-order chi connectivity index (χ0) is 13.9. The van der Waals surface area contributed by atoms with Gasteiger partial charge in [-0.2, -0.15) is 0 Å². The summed E-state index contributed by atoms with van der Waals surface area (Å²) in [7, 11) is -3.79. The summed E-state index contributed by atoms with van der Waals surface area (Å²) in [4.78, 5) is 0.0154. The molecule has 1 aromatic rings. The first-order valence-electron chi connectivity index (χ1n) is 5.53. The SMILES string of the molecule is Cc1c(NCC(C)CO)cc(N)cc1S(N)(=O)=O. The van der Waals surface area contributed by atoms with Crippen molar-refractivity contribution in [3.63, 3.8) is 0 Å². The highest BCUT2D eigenvalue weighted by molar-refractivity contribution is 7.89. The van der Waals surface area contributed by atoms with Crippen molar-refractivity contribution in [2.45, 2.75) is 18.7 Å². The van der Waals surface area contributed by atoms with Crippen LogP contribution in [0.5, 0.6) is 0 Å². The Morgan fingerprint density at radius 1 is 1.44 bits per heavy atom. The fourth-order valence-corrected chi connectivity index (χ4v) is 2.37. The van der Waals surface area contributed by atoms with Crippen molar-refractivity contribution in [2.75, 3.05) is 24.2 Å². The van der Waals surface area contributed by atoms with Gasteiger partial charge in [0.15, 0.2) is 0 Å². The monoisotopic (exact) mass is 273 g/mol. The van der Waals surface area contributed by atoms with Gasteiger partial charge in [-0.25, -0.2) is 13.6 Å². The summed E-state index contributed by atoms with van der Waals surface area (Å²) in [6.07, 6.45) is 0. The van der Waals surface area contributed by atoms with Crippen molar-refractivity contribution < 1.29 is 13.5 Å². The van der Waals surface area contributed by atoms with E-state index >= 15 is 0 Å². The minimum atomic E-state index is -3.79. The quantitative estimate of drug-likeness (QED) is 0.574. The summed E-state index contributed by atoms with van der Waals surface area (Å²) >= 11 is 0. The van der Waals surface area contributed by atoms with Crippen LogP contribution in [0.1, 0.15) is 12.5 Å². The van der Waals surface area contributed by atoms with Crippen LogP contribution in [-0.2, 0) is 10.0 Å². The minimum Gasteiger partial charge on any atom is -0.399 e. The van der Waals surface area contributed by atoms with Gasteiger partial charge in [0.2, 0.25) is 10.0 Å².